The first-order valence-electron chi connectivity index (χ1n) is 13.0. The number of likely N-dealkylation sites (tertiary alicyclic amines) is 1. The number of nitrogens with zero attached hydrogens (tertiary/aromatic N) is 5. The zero-order valence-electron chi connectivity index (χ0n) is 21.5. The summed E-state index contributed by atoms with van der Waals surface area (Å²) in [6.45, 7) is 3.02. The maximum atomic E-state index is 14.4. The zero-order chi connectivity index (χ0) is 27.1. The van der Waals surface area contributed by atoms with Crippen LogP contribution in [0.15, 0.2) is 72.9 Å². The van der Waals surface area contributed by atoms with Gasteiger partial charge in [-0.05, 0) is 79.9 Å². The predicted molar refractivity (Wildman–Crippen MR) is 143 cm³/mol. The van der Waals surface area contributed by atoms with Crippen LogP contribution in [0.3, 0.4) is 0 Å². The largest absolute Gasteiger partial charge is 0.358 e. The van der Waals surface area contributed by atoms with E-state index in [0.717, 1.165) is 5.69 Å². The molecule has 0 N–H and O–H groups in total. The number of halogens is 2. The van der Waals surface area contributed by atoms with Crippen molar-refractivity contribution < 1.29 is 18.4 Å². The predicted octanol–water partition coefficient (Wildman–Crippen LogP) is 4.98. The van der Waals surface area contributed by atoms with E-state index >= 15 is 0 Å². The van der Waals surface area contributed by atoms with Gasteiger partial charge in [0.15, 0.2) is 11.5 Å². The van der Waals surface area contributed by atoms with E-state index in [1.165, 1.54) is 18.2 Å². The van der Waals surface area contributed by atoms with E-state index in [1.54, 1.807) is 59.1 Å². The second-order valence-electron chi connectivity index (χ2n) is 10.1. The van der Waals surface area contributed by atoms with Crippen molar-refractivity contribution in [2.45, 2.75) is 31.7 Å². The number of piperidine rings is 1. The van der Waals surface area contributed by atoms with Gasteiger partial charge in [0, 0.05) is 37.9 Å². The van der Waals surface area contributed by atoms with Crippen LogP contribution in [-0.2, 0) is 4.79 Å². The van der Waals surface area contributed by atoms with Gasteiger partial charge in [-0.1, -0.05) is 12.1 Å². The number of pyridine rings is 1. The number of hydrogen-bond acceptors (Lipinski definition) is 5. The minimum Gasteiger partial charge on any atom is -0.358 e. The Morgan fingerprint density at radius 2 is 1.67 bits per heavy atom. The number of aromatic nitrogens is 3. The molecule has 2 aliphatic rings. The Kier molecular flexibility index (Phi) is 6.21. The lowest BCUT2D eigenvalue weighted by molar-refractivity contribution is -0.123. The van der Waals surface area contributed by atoms with Gasteiger partial charge in [0.2, 0.25) is 0 Å². The van der Waals surface area contributed by atoms with Crippen molar-refractivity contribution >= 4 is 17.4 Å². The van der Waals surface area contributed by atoms with Crippen molar-refractivity contribution in [3.63, 3.8) is 0 Å². The third kappa shape index (κ3) is 4.37. The molecular formula is C30H27F2N5O2. The molecular weight excluding hydrogens is 500 g/mol. The van der Waals surface area contributed by atoms with Crippen molar-refractivity contribution in [3.05, 3.63) is 95.8 Å². The maximum Gasteiger partial charge on any atom is 0.274 e. The van der Waals surface area contributed by atoms with Crippen LogP contribution < -0.4 is 4.90 Å². The van der Waals surface area contributed by atoms with Crippen LogP contribution in [0.4, 0.5) is 14.5 Å². The summed E-state index contributed by atoms with van der Waals surface area (Å²) in [5, 5.41) is 4.58. The van der Waals surface area contributed by atoms with Crippen molar-refractivity contribution in [3.8, 4) is 17.1 Å². The summed E-state index contributed by atoms with van der Waals surface area (Å²) in [4.78, 5) is 34.9. The number of carbonyl (C=O) groups excluding carboxylic acids is 2. The van der Waals surface area contributed by atoms with Crippen molar-refractivity contribution in [1.82, 2.24) is 19.7 Å². The molecule has 9 heteroatoms. The van der Waals surface area contributed by atoms with Crippen LogP contribution >= 0.6 is 0 Å². The van der Waals surface area contributed by atoms with Gasteiger partial charge in [-0.25, -0.2) is 13.5 Å². The van der Waals surface area contributed by atoms with E-state index in [2.05, 4.69) is 15.0 Å². The molecule has 7 nitrogen and oxygen atoms in total. The number of hydrogen-bond donors (Lipinski definition) is 0. The number of rotatable bonds is 4. The molecule has 39 heavy (non-hydrogen) atoms. The lowest BCUT2D eigenvalue weighted by atomic mass is 9.83. The average Bonchev–Trinajstić information content (AvgIpc) is 3.54. The quantitative estimate of drug-likeness (QED) is 0.375. The first-order valence-corrected chi connectivity index (χ1v) is 13.0. The Morgan fingerprint density at radius 1 is 0.923 bits per heavy atom. The summed E-state index contributed by atoms with van der Waals surface area (Å²) in [6, 6.07) is 18.2. The van der Waals surface area contributed by atoms with Crippen LogP contribution in [0.5, 0.6) is 0 Å². The molecule has 4 aromatic rings. The number of aryl methyl sites for hydroxylation is 1. The second kappa shape index (κ2) is 9.72. The highest BCUT2D eigenvalue weighted by Gasteiger charge is 2.50. The maximum absolute atomic E-state index is 14.4. The van der Waals surface area contributed by atoms with Gasteiger partial charge in [-0.15, -0.1) is 0 Å². The van der Waals surface area contributed by atoms with Crippen LogP contribution in [0, 0.1) is 18.6 Å². The molecule has 6 rings (SSSR count). The first kappa shape index (κ1) is 24.9. The number of ketones is 1. The molecule has 0 aliphatic carbocycles. The Balaban J connectivity index is 1.28. The molecule has 2 aromatic carbocycles. The summed E-state index contributed by atoms with van der Waals surface area (Å²) in [7, 11) is 0. The Bertz CT molecular complexity index is 1540. The summed E-state index contributed by atoms with van der Waals surface area (Å²) >= 11 is 0. The molecule has 1 spiro atoms. The van der Waals surface area contributed by atoms with E-state index < -0.39 is 5.54 Å². The molecule has 1 amide bonds. The molecule has 0 unspecified atom stereocenters. The summed E-state index contributed by atoms with van der Waals surface area (Å²) in [5.41, 5.74) is 2.51. The van der Waals surface area contributed by atoms with Gasteiger partial charge in [-0.3, -0.25) is 14.6 Å². The molecule has 4 heterocycles. The fourth-order valence-corrected chi connectivity index (χ4v) is 5.69. The van der Waals surface area contributed by atoms with Crippen molar-refractivity contribution in [2.75, 3.05) is 24.5 Å². The van der Waals surface area contributed by atoms with Gasteiger partial charge in [0.1, 0.15) is 17.2 Å². The van der Waals surface area contributed by atoms with E-state index in [4.69, 9.17) is 0 Å². The Labute approximate surface area is 224 Å². The van der Waals surface area contributed by atoms with E-state index in [9.17, 15) is 18.4 Å². The highest BCUT2D eigenvalue weighted by Crippen LogP contribution is 2.39. The van der Waals surface area contributed by atoms with E-state index in [1.807, 2.05) is 12.1 Å². The fraction of sp³-hybridized carbons (Fsp3) is 0.267. The SMILES string of the molecule is Cc1ccc(-n2nc(C(=O)N3CCC4(CC3)C(=O)CCN4c3ccc(F)cc3)cc2-c2ccccn2)cc1F. The van der Waals surface area contributed by atoms with Crippen LogP contribution in [0.25, 0.3) is 17.1 Å². The minimum atomic E-state index is -0.702. The lowest BCUT2D eigenvalue weighted by Gasteiger charge is -2.44. The van der Waals surface area contributed by atoms with Crippen molar-refractivity contribution in [2.24, 2.45) is 0 Å². The molecule has 2 saturated heterocycles. The van der Waals surface area contributed by atoms with Crippen LogP contribution in [0.1, 0.15) is 35.3 Å². The second-order valence-corrected chi connectivity index (χ2v) is 10.1. The number of amides is 1. The van der Waals surface area contributed by atoms with Gasteiger partial charge in [0.25, 0.3) is 5.91 Å². The first-order chi connectivity index (χ1) is 18.9. The van der Waals surface area contributed by atoms with Gasteiger partial charge in [-0.2, -0.15) is 5.10 Å². The topological polar surface area (TPSA) is 71.3 Å². The standard InChI is InChI=1S/C30H27F2N5O2/c1-20-5-8-23(18-24(20)32)37-27(25-4-2-3-14-33-25)19-26(34-37)29(39)35-16-12-30(13-17-35)28(38)11-15-36(30)22-9-6-21(31)7-10-22/h2-10,14,18-19H,11-13,15-17H2,1H3. The smallest absolute Gasteiger partial charge is 0.274 e. The minimum absolute atomic E-state index is 0.155. The molecule has 0 bridgehead atoms. The molecule has 0 saturated carbocycles. The molecule has 0 atom stereocenters. The Hall–Kier alpha value is -4.40. The summed E-state index contributed by atoms with van der Waals surface area (Å²) in [5.74, 6) is -0.790. The molecule has 0 radical (unpaired) electrons. The summed E-state index contributed by atoms with van der Waals surface area (Å²) in [6.07, 6.45) is 3.04. The molecule has 2 fully saturated rings. The van der Waals surface area contributed by atoms with Gasteiger partial charge < -0.3 is 9.80 Å². The average molecular weight is 528 g/mol. The third-order valence-electron chi connectivity index (χ3n) is 7.87. The van der Waals surface area contributed by atoms with Crippen LogP contribution in [0.2, 0.25) is 0 Å². The highest BCUT2D eigenvalue weighted by atomic mass is 19.1. The normalized spacial score (nSPS) is 16.7. The van der Waals surface area contributed by atoms with Gasteiger partial charge in [0.05, 0.1) is 17.1 Å². The van der Waals surface area contributed by atoms with Crippen molar-refractivity contribution in [1.29, 1.82) is 0 Å². The third-order valence-corrected chi connectivity index (χ3v) is 7.87. The number of benzene rings is 2. The fourth-order valence-electron chi connectivity index (χ4n) is 5.69. The molecule has 2 aromatic heterocycles. The molecule has 198 valence electrons. The summed E-state index contributed by atoms with van der Waals surface area (Å²) < 4.78 is 29.5. The highest BCUT2D eigenvalue weighted by molar-refractivity contribution is 5.97. The zero-order valence-corrected chi connectivity index (χ0v) is 21.5. The van der Waals surface area contributed by atoms with Gasteiger partial charge >= 0.3 is 0 Å². The van der Waals surface area contributed by atoms with Crippen LogP contribution in [-0.4, -0.2) is 56.5 Å². The number of carbonyl (C=O) groups is 2. The Morgan fingerprint density at radius 3 is 2.36 bits per heavy atom. The van der Waals surface area contributed by atoms with E-state index in [0.29, 0.717) is 61.5 Å². The number of Topliss-reactive ketones (excluding diaryl/α,β-unsaturated/α-hetero) is 1. The lowest BCUT2D eigenvalue weighted by Crippen LogP contribution is -2.56. The monoisotopic (exact) mass is 527 g/mol. The number of anilines is 1. The van der Waals surface area contributed by atoms with E-state index in [-0.39, 0.29) is 29.0 Å². The molecule has 2 aliphatic heterocycles.